The van der Waals surface area contributed by atoms with E-state index in [0.29, 0.717) is 11.5 Å². The topological polar surface area (TPSA) is 51.2 Å². The van der Waals surface area contributed by atoms with E-state index in [-0.39, 0.29) is 11.9 Å². The van der Waals surface area contributed by atoms with Gasteiger partial charge in [-0.3, -0.25) is 9.78 Å². The molecule has 1 saturated carbocycles. The van der Waals surface area contributed by atoms with Gasteiger partial charge in [0, 0.05) is 17.5 Å². The normalized spacial score (nSPS) is 15.8. The van der Waals surface area contributed by atoms with E-state index < -0.39 is 0 Å². The zero-order chi connectivity index (χ0) is 15.0. The standard InChI is InChI=1S/C17H20N2O2/c1-10(12-4-5-12)19-17(20)15-8-13-6-7-14(21-3)9-16(13)18-11(15)2/h6-10,12H,4-5H2,1-3H3,(H,19,20). The van der Waals surface area contributed by atoms with E-state index in [9.17, 15) is 4.79 Å². The molecule has 1 atom stereocenters. The van der Waals surface area contributed by atoms with Crippen molar-refractivity contribution < 1.29 is 9.53 Å². The van der Waals surface area contributed by atoms with E-state index in [0.717, 1.165) is 22.3 Å². The molecule has 4 heteroatoms. The van der Waals surface area contributed by atoms with E-state index >= 15 is 0 Å². The predicted octanol–water partition coefficient (Wildman–Crippen LogP) is 3.08. The molecule has 1 aromatic heterocycles. The van der Waals surface area contributed by atoms with Crippen molar-refractivity contribution in [3.05, 3.63) is 35.5 Å². The Bertz CT molecular complexity index is 692. The largest absolute Gasteiger partial charge is 0.497 e. The number of carbonyl (C=O) groups is 1. The molecule has 1 aliphatic carbocycles. The van der Waals surface area contributed by atoms with Gasteiger partial charge in [-0.25, -0.2) is 0 Å². The van der Waals surface area contributed by atoms with Gasteiger partial charge in [-0.1, -0.05) is 0 Å². The quantitative estimate of drug-likeness (QED) is 0.938. The summed E-state index contributed by atoms with van der Waals surface area (Å²) in [6.45, 7) is 3.94. The molecule has 1 fully saturated rings. The summed E-state index contributed by atoms with van der Waals surface area (Å²) in [5.41, 5.74) is 2.25. The predicted molar refractivity (Wildman–Crippen MR) is 82.7 cm³/mol. The second-order valence-electron chi connectivity index (χ2n) is 5.78. The lowest BCUT2D eigenvalue weighted by atomic mass is 10.1. The number of pyridine rings is 1. The molecule has 0 radical (unpaired) electrons. The lowest BCUT2D eigenvalue weighted by Gasteiger charge is -2.14. The number of nitrogens with zero attached hydrogens (tertiary/aromatic N) is 1. The van der Waals surface area contributed by atoms with Crippen LogP contribution in [0.1, 0.15) is 35.8 Å². The number of amides is 1. The fourth-order valence-electron chi connectivity index (χ4n) is 2.60. The van der Waals surface area contributed by atoms with Crippen molar-refractivity contribution >= 4 is 16.8 Å². The smallest absolute Gasteiger partial charge is 0.253 e. The number of ether oxygens (including phenoxy) is 1. The maximum Gasteiger partial charge on any atom is 0.253 e. The number of hydrogen-bond acceptors (Lipinski definition) is 3. The van der Waals surface area contributed by atoms with Crippen LogP contribution in [0.25, 0.3) is 10.9 Å². The Labute approximate surface area is 124 Å². The molecule has 0 bridgehead atoms. The lowest BCUT2D eigenvalue weighted by molar-refractivity contribution is 0.0935. The van der Waals surface area contributed by atoms with Crippen LogP contribution in [0.2, 0.25) is 0 Å². The summed E-state index contributed by atoms with van der Waals surface area (Å²) in [6, 6.07) is 7.85. The second-order valence-corrected chi connectivity index (χ2v) is 5.78. The van der Waals surface area contributed by atoms with Crippen molar-refractivity contribution in [1.82, 2.24) is 10.3 Å². The monoisotopic (exact) mass is 284 g/mol. The number of methoxy groups -OCH3 is 1. The number of carbonyl (C=O) groups excluding carboxylic acids is 1. The average molecular weight is 284 g/mol. The Hall–Kier alpha value is -2.10. The van der Waals surface area contributed by atoms with Gasteiger partial charge in [-0.05, 0) is 50.8 Å². The molecule has 0 aliphatic heterocycles. The molecule has 1 N–H and O–H groups in total. The van der Waals surface area contributed by atoms with Crippen LogP contribution >= 0.6 is 0 Å². The molecule has 1 aliphatic rings. The van der Waals surface area contributed by atoms with E-state index in [4.69, 9.17) is 4.74 Å². The van der Waals surface area contributed by atoms with Crippen LogP contribution in [-0.2, 0) is 0 Å². The van der Waals surface area contributed by atoms with Gasteiger partial charge in [0.1, 0.15) is 5.75 Å². The third-order valence-electron chi connectivity index (χ3n) is 4.15. The Balaban J connectivity index is 1.90. The van der Waals surface area contributed by atoms with E-state index in [1.54, 1.807) is 7.11 Å². The van der Waals surface area contributed by atoms with Crippen molar-refractivity contribution in [1.29, 1.82) is 0 Å². The van der Waals surface area contributed by atoms with E-state index in [1.807, 2.05) is 31.2 Å². The van der Waals surface area contributed by atoms with Crippen molar-refractivity contribution in [2.45, 2.75) is 32.7 Å². The third-order valence-corrected chi connectivity index (χ3v) is 4.15. The summed E-state index contributed by atoms with van der Waals surface area (Å²) >= 11 is 0. The number of hydrogen-bond donors (Lipinski definition) is 1. The third kappa shape index (κ3) is 2.84. The molecular weight excluding hydrogens is 264 g/mol. The lowest BCUT2D eigenvalue weighted by Crippen LogP contribution is -2.34. The first-order valence-corrected chi connectivity index (χ1v) is 7.34. The molecule has 2 aromatic rings. The highest BCUT2D eigenvalue weighted by molar-refractivity contribution is 5.98. The number of aromatic nitrogens is 1. The van der Waals surface area contributed by atoms with Gasteiger partial charge in [-0.15, -0.1) is 0 Å². The molecular formula is C17H20N2O2. The summed E-state index contributed by atoms with van der Waals surface area (Å²) in [5.74, 6) is 1.39. The highest BCUT2D eigenvalue weighted by Gasteiger charge is 2.29. The number of aryl methyl sites for hydroxylation is 1. The minimum atomic E-state index is -0.0304. The SMILES string of the molecule is COc1ccc2cc(C(=O)NC(C)C3CC3)c(C)nc2c1. The fraction of sp³-hybridized carbons (Fsp3) is 0.412. The van der Waals surface area contributed by atoms with Crippen molar-refractivity contribution in [2.24, 2.45) is 5.92 Å². The van der Waals surface area contributed by atoms with Crippen LogP contribution in [0.3, 0.4) is 0 Å². The van der Waals surface area contributed by atoms with Crippen LogP contribution < -0.4 is 10.1 Å². The highest BCUT2D eigenvalue weighted by Crippen LogP contribution is 2.32. The Morgan fingerprint density at radius 3 is 2.81 bits per heavy atom. The first-order chi connectivity index (χ1) is 10.1. The number of nitrogens with one attached hydrogen (secondary N) is 1. The van der Waals surface area contributed by atoms with Gasteiger partial charge >= 0.3 is 0 Å². The molecule has 1 heterocycles. The summed E-state index contributed by atoms with van der Waals surface area (Å²) in [6.07, 6.45) is 2.44. The van der Waals surface area contributed by atoms with Gasteiger partial charge in [0.2, 0.25) is 0 Å². The van der Waals surface area contributed by atoms with Crippen LogP contribution in [0.15, 0.2) is 24.3 Å². The summed E-state index contributed by atoms with van der Waals surface area (Å²) < 4.78 is 5.21. The molecule has 21 heavy (non-hydrogen) atoms. The molecule has 3 rings (SSSR count). The first-order valence-electron chi connectivity index (χ1n) is 7.34. The van der Waals surface area contributed by atoms with Crippen molar-refractivity contribution in [2.75, 3.05) is 7.11 Å². The summed E-state index contributed by atoms with van der Waals surface area (Å²) in [4.78, 5) is 16.9. The molecule has 1 unspecified atom stereocenters. The molecule has 1 aromatic carbocycles. The number of benzene rings is 1. The summed E-state index contributed by atoms with van der Waals surface area (Å²) in [7, 11) is 1.63. The molecule has 0 saturated heterocycles. The van der Waals surface area contributed by atoms with E-state index in [2.05, 4.69) is 17.2 Å². The van der Waals surface area contributed by atoms with Gasteiger partial charge < -0.3 is 10.1 Å². The zero-order valence-corrected chi connectivity index (χ0v) is 12.6. The van der Waals surface area contributed by atoms with Crippen LogP contribution in [0.5, 0.6) is 5.75 Å². The van der Waals surface area contributed by atoms with Gasteiger partial charge in [0.05, 0.1) is 23.9 Å². The number of fused-ring (bicyclic) bond motifs is 1. The zero-order valence-electron chi connectivity index (χ0n) is 12.6. The Kier molecular flexibility index (Phi) is 3.53. The molecule has 1 amide bonds. The Morgan fingerprint density at radius 2 is 2.14 bits per heavy atom. The molecule has 0 spiro atoms. The average Bonchev–Trinajstić information content (AvgIpc) is 3.30. The summed E-state index contributed by atoms with van der Waals surface area (Å²) in [5, 5.41) is 4.03. The van der Waals surface area contributed by atoms with Crippen molar-refractivity contribution in [3.8, 4) is 5.75 Å². The minimum absolute atomic E-state index is 0.0304. The maximum absolute atomic E-state index is 12.4. The Morgan fingerprint density at radius 1 is 1.38 bits per heavy atom. The molecule has 4 nitrogen and oxygen atoms in total. The van der Waals surface area contributed by atoms with Crippen LogP contribution in [-0.4, -0.2) is 24.0 Å². The number of rotatable bonds is 4. The van der Waals surface area contributed by atoms with Gasteiger partial charge in [0.25, 0.3) is 5.91 Å². The van der Waals surface area contributed by atoms with E-state index in [1.165, 1.54) is 12.8 Å². The second kappa shape index (κ2) is 5.35. The van der Waals surface area contributed by atoms with Crippen LogP contribution in [0, 0.1) is 12.8 Å². The highest BCUT2D eigenvalue weighted by atomic mass is 16.5. The van der Waals surface area contributed by atoms with Gasteiger partial charge in [0.15, 0.2) is 0 Å². The first kappa shape index (κ1) is 13.9. The minimum Gasteiger partial charge on any atom is -0.497 e. The fourth-order valence-corrected chi connectivity index (χ4v) is 2.60. The maximum atomic E-state index is 12.4. The van der Waals surface area contributed by atoms with Crippen LogP contribution in [0.4, 0.5) is 0 Å². The van der Waals surface area contributed by atoms with Gasteiger partial charge in [-0.2, -0.15) is 0 Å². The van der Waals surface area contributed by atoms with Crippen molar-refractivity contribution in [3.63, 3.8) is 0 Å². The molecule has 110 valence electrons.